The summed E-state index contributed by atoms with van der Waals surface area (Å²) in [6.45, 7) is 5.87. The van der Waals surface area contributed by atoms with Crippen molar-refractivity contribution >= 4 is 11.5 Å². The Morgan fingerprint density at radius 1 is 1.19 bits per heavy atom. The lowest BCUT2D eigenvalue weighted by molar-refractivity contribution is 0.249. The predicted molar refractivity (Wildman–Crippen MR) is 83.6 cm³/mol. The average Bonchev–Trinajstić information content (AvgIpc) is 3.01. The number of methoxy groups -OCH3 is 1. The summed E-state index contributed by atoms with van der Waals surface area (Å²) in [4.78, 5) is 13.3. The van der Waals surface area contributed by atoms with E-state index in [1.54, 1.807) is 7.11 Å². The van der Waals surface area contributed by atoms with Crippen LogP contribution >= 0.6 is 0 Å². The number of piperidine rings is 1. The highest BCUT2D eigenvalue weighted by molar-refractivity contribution is 5.67. The van der Waals surface area contributed by atoms with Crippen LogP contribution in [0, 0.1) is 5.92 Å². The Balaban J connectivity index is 1.58. The molecule has 2 N–H and O–H groups in total. The smallest absolute Gasteiger partial charge is 0.242 e. The van der Waals surface area contributed by atoms with Gasteiger partial charge < -0.3 is 20.3 Å². The quantitative estimate of drug-likeness (QED) is 0.904. The monoisotopic (exact) mass is 291 g/mol. The van der Waals surface area contributed by atoms with Crippen LogP contribution < -0.4 is 15.4 Å². The molecule has 0 aromatic carbocycles. The molecule has 3 heterocycles. The summed E-state index contributed by atoms with van der Waals surface area (Å²) in [5.41, 5.74) is 6.65. The predicted octanol–water partition coefficient (Wildman–Crippen LogP) is 1.38. The Bertz CT molecular complexity index is 467. The third-order valence-corrected chi connectivity index (χ3v) is 4.65. The SMILES string of the molecule is COc1ncnc(N2CCC(CN3CCCC3)CC2)c1N. The summed E-state index contributed by atoms with van der Waals surface area (Å²) in [5.74, 6) is 2.10. The zero-order chi connectivity index (χ0) is 14.7. The minimum atomic E-state index is 0.471. The first-order chi connectivity index (χ1) is 10.3. The number of nitrogen functional groups attached to an aromatic ring is 1. The van der Waals surface area contributed by atoms with E-state index in [0.29, 0.717) is 11.6 Å². The largest absolute Gasteiger partial charge is 0.479 e. The summed E-state index contributed by atoms with van der Waals surface area (Å²) < 4.78 is 5.18. The number of rotatable bonds is 4. The fourth-order valence-electron chi connectivity index (χ4n) is 3.44. The number of hydrogen-bond acceptors (Lipinski definition) is 6. The van der Waals surface area contributed by atoms with Crippen molar-refractivity contribution in [2.75, 3.05) is 50.5 Å². The van der Waals surface area contributed by atoms with Crippen LogP contribution in [0.1, 0.15) is 25.7 Å². The molecule has 6 nitrogen and oxygen atoms in total. The van der Waals surface area contributed by atoms with Gasteiger partial charge in [0, 0.05) is 19.6 Å². The van der Waals surface area contributed by atoms with Gasteiger partial charge in [-0.3, -0.25) is 0 Å². The average molecular weight is 291 g/mol. The van der Waals surface area contributed by atoms with Crippen molar-refractivity contribution in [2.45, 2.75) is 25.7 Å². The maximum Gasteiger partial charge on any atom is 0.242 e. The van der Waals surface area contributed by atoms with E-state index in [0.717, 1.165) is 24.8 Å². The molecular formula is C15H25N5O. The van der Waals surface area contributed by atoms with Crippen molar-refractivity contribution in [3.63, 3.8) is 0 Å². The molecule has 2 saturated heterocycles. The number of ether oxygens (including phenoxy) is 1. The van der Waals surface area contributed by atoms with E-state index >= 15 is 0 Å². The van der Waals surface area contributed by atoms with Crippen molar-refractivity contribution in [1.29, 1.82) is 0 Å². The maximum atomic E-state index is 6.09. The highest BCUT2D eigenvalue weighted by Gasteiger charge is 2.25. The van der Waals surface area contributed by atoms with Crippen LogP contribution in [-0.2, 0) is 0 Å². The van der Waals surface area contributed by atoms with Gasteiger partial charge in [-0.1, -0.05) is 0 Å². The molecule has 1 aromatic rings. The second-order valence-corrected chi connectivity index (χ2v) is 6.06. The van der Waals surface area contributed by atoms with Crippen molar-refractivity contribution in [1.82, 2.24) is 14.9 Å². The van der Waals surface area contributed by atoms with Gasteiger partial charge in [-0.15, -0.1) is 0 Å². The van der Waals surface area contributed by atoms with E-state index in [1.165, 1.54) is 51.6 Å². The van der Waals surface area contributed by atoms with Crippen LogP contribution in [0.15, 0.2) is 6.33 Å². The zero-order valence-corrected chi connectivity index (χ0v) is 12.8. The number of anilines is 2. The molecule has 2 aliphatic rings. The van der Waals surface area contributed by atoms with Crippen LogP contribution in [0.25, 0.3) is 0 Å². The lowest BCUT2D eigenvalue weighted by Crippen LogP contribution is -2.38. The normalized spacial score (nSPS) is 20.9. The number of likely N-dealkylation sites (tertiary alicyclic amines) is 1. The van der Waals surface area contributed by atoms with E-state index < -0.39 is 0 Å². The molecule has 0 bridgehead atoms. The fraction of sp³-hybridized carbons (Fsp3) is 0.733. The molecule has 116 valence electrons. The van der Waals surface area contributed by atoms with Gasteiger partial charge in [-0.25, -0.2) is 4.98 Å². The Labute approximate surface area is 126 Å². The van der Waals surface area contributed by atoms with Gasteiger partial charge in [-0.05, 0) is 44.7 Å². The molecule has 0 aliphatic carbocycles. The molecule has 0 unspecified atom stereocenters. The number of nitrogens with zero attached hydrogens (tertiary/aromatic N) is 4. The molecule has 2 fully saturated rings. The van der Waals surface area contributed by atoms with Gasteiger partial charge in [0.25, 0.3) is 0 Å². The summed E-state index contributed by atoms with van der Waals surface area (Å²) in [6, 6.07) is 0. The van der Waals surface area contributed by atoms with Crippen molar-refractivity contribution in [3.05, 3.63) is 6.33 Å². The van der Waals surface area contributed by atoms with E-state index in [4.69, 9.17) is 10.5 Å². The number of nitrogens with two attached hydrogens (primary N) is 1. The van der Waals surface area contributed by atoms with Crippen molar-refractivity contribution in [3.8, 4) is 5.88 Å². The van der Waals surface area contributed by atoms with Crippen molar-refractivity contribution in [2.24, 2.45) is 5.92 Å². The summed E-state index contributed by atoms with van der Waals surface area (Å²) in [6.07, 6.45) is 6.69. The van der Waals surface area contributed by atoms with Crippen LogP contribution in [0.5, 0.6) is 5.88 Å². The number of aromatic nitrogens is 2. The van der Waals surface area contributed by atoms with Crippen molar-refractivity contribution < 1.29 is 4.74 Å². The fourth-order valence-corrected chi connectivity index (χ4v) is 3.44. The maximum absolute atomic E-state index is 6.09. The van der Waals surface area contributed by atoms with Gasteiger partial charge in [0.15, 0.2) is 5.82 Å². The highest BCUT2D eigenvalue weighted by Crippen LogP contribution is 2.31. The van der Waals surface area contributed by atoms with Gasteiger partial charge in [0.1, 0.15) is 12.0 Å². The molecule has 6 heteroatoms. The third-order valence-electron chi connectivity index (χ3n) is 4.65. The molecule has 0 radical (unpaired) electrons. The Kier molecular flexibility index (Phi) is 4.43. The topological polar surface area (TPSA) is 67.5 Å². The second-order valence-electron chi connectivity index (χ2n) is 6.06. The molecular weight excluding hydrogens is 266 g/mol. The number of hydrogen-bond donors (Lipinski definition) is 1. The molecule has 21 heavy (non-hydrogen) atoms. The summed E-state index contributed by atoms with van der Waals surface area (Å²) in [5, 5.41) is 0. The van der Waals surface area contributed by atoms with Gasteiger partial charge in [-0.2, -0.15) is 4.98 Å². The minimum Gasteiger partial charge on any atom is -0.479 e. The van der Waals surface area contributed by atoms with Crippen LogP contribution in [0.3, 0.4) is 0 Å². The van der Waals surface area contributed by atoms with E-state index in [2.05, 4.69) is 19.8 Å². The Hall–Kier alpha value is -1.56. The Morgan fingerprint density at radius 3 is 2.57 bits per heavy atom. The van der Waals surface area contributed by atoms with E-state index in [1.807, 2.05) is 0 Å². The van der Waals surface area contributed by atoms with Gasteiger partial charge >= 0.3 is 0 Å². The lowest BCUT2D eigenvalue weighted by Gasteiger charge is -2.35. The molecule has 2 aliphatic heterocycles. The standard InChI is InChI=1S/C15H25N5O/c1-21-15-13(16)14(17-11-18-15)20-8-4-12(5-9-20)10-19-6-2-3-7-19/h11-12H,2-10,16H2,1H3. The van der Waals surface area contributed by atoms with Gasteiger partial charge in [0.05, 0.1) is 7.11 Å². The Morgan fingerprint density at radius 2 is 1.90 bits per heavy atom. The van der Waals surface area contributed by atoms with Crippen LogP contribution in [0.4, 0.5) is 11.5 Å². The van der Waals surface area contributed by atoms with Crippen LogP contribution in [0.2, 0.25) is 0 Å². The highest BCUT2D eigenvalue weighted by atomic mass is 16.5. The molecule has 1 aromatic heterocycles. The first-order valence-electron chi connectivity index (χ1n) is 7.89. The molecule has 0 atom stereocenters. The third kappa shape index (κ3) is 3.20. The zero-order valence-electron chi connectivity index (χ0n) is 12.8. The first kappa shape index (κ1) is 14.4. The van der Waals surface area contributed by atoms with E-state index in [9.17, 15) is 0 Å². The summed E-state index contributed by atoms with van der Waals surface area (Å²) >= 11 is 0. The minimum absolute atomic E-state index is 0.471. The molecule has 0 spiro atoms. The van der Waals surface area contributed by atoms with Crippen LogP contribution in [-0.4, -0.2) is 54.7 Å². The molecule has 3 rings (SSSR count). The van der Waals surface area contributed by atoms with Gasteiger partial charge in [0.2, 0.25) is 5.88 Å². The lowest BCUT2D eigenvalue weighted by atomic mass is 9.96. The molecule has 0 amide bonds. The molecule has 0 saturated carbocycles. The second kappa shape index (κ2) is 6.47. The first-order valence-corrected chi connectivity index (χ1v) is 7.89. The van der Waals surface area contributed by atoms with E-state index in [-0.39, 0.29) is 0 Å². The summed E-state index contributed by atoms with van der Waals surface area (Å²) in [7, 11) is 1.59.